The first kappa shape index (κ1) is 7.25. The zero-order chi connectivity index (χ0) is 7.84. The molecule has 2 nitrogen and oxygen atoms in total. The van der Waals surface area contributed by atoms with Gasteiger partial charge in [0.15, 0.2) is 0 Å². The number of hydrogen-bond donors (Lipinski definition) is 1. The van der Waals surface area contributed by atoms with Crippen LogP contribution in [-0.2, 0) is 6.54 Å². The minimum atomic E-state index is 0.768. The molecule has 1 aromatic rings. The summed E-state index contributed by atoms with van der Waals surface area (Å²) in [6, 6.07) is 1.98. The average Bonchev–Trinajstić information content (AvgIpc) is 2.34. The van der Waals surface area contributed by atoms with E-state index < -0.39 is 0 Å². The van der Waals surface area contributed by atoms with E-state index in [-0.39, 0.29) is 0 Å². The van der Waals surface area contributed by atoms with Gasteiger partial charge in [-0.1, -0.05) is 11.6 Å². The number of aromatic amines is 1. The van der Waals surface area contributed by atoms with Crippen molar-refractivity contribution in [3.63, 3.8) is 0 Å². The third-order valence-electron chi connectivity index (χ3n) is 1.65. The highest BCUT2D eigenvalue weighted by molar-refractivity contribution is 9.07. The fourth-order valence-electron chi connectivity index (χ4n) is 1.15. The fraction of sp³-hybridized carbons (Fsp3) is 0.143. The summed E-state index contributed by atoms with van der Waals surface area (Å²) in [7, 11) is 0. The summed E-state index contributed by atoms with van der Waals surface area (Å²) < 4.78 is 1.87. The lowest BCUT2D eigenvalue weighted by Gasteiger charge is -2.17. The number of hydrogen-bond acceptors (Lipinski definition) is 1. The van der Waals surface area contributed by atoms with Crippen molar-refractivity contribution in [1.82, 2.24) is 8.91 Å². The Kier molecular flexibility index (Phi) is 1.69. The smallest absolute Gasteiger partial charge is 0.0697 e. The summed E-state index contributed by atoms with van der Waals surface area (Å²) in [5, 5.41) is 0.768. The summed E-state index contributed by atoms with van der Waals surface area (Å²) in [5.41, 5.74) is 2.25. The molecule has 0 spiro atoms. The minimum Gasteiger partial charge on any atom is -0.363 e. The molecule has 2 heterocycles. The van der Waals surface area contributed by atoms with Gasteiger partial charge in [0.05, 0.1) is 11.6 Å². The van der Waals surface area contributed by atoms with Crippen LogP contribution >= 0.6 is 27.7 Å². The SMILES string of the molecule is ClC1=CN(Br)Cc2[nH]ccc21. The molecule has 0 radical (unpaired) electrons. The molecule has 4 heteroatoms. The van der Waals surface area contributed by atoms with Gasteiger partial charge in [-0.3, -0.25) is 0 Å². The van der Waals surface area contributed by atoms with E-state index in [2.05, 4.69) is 21.1 Å². The molecule has 0 aliphatic carbocycles. The van der Waals surface area contributed by atoms with E-state index in [1.807, 2.05) is 22.4 Å². The van der Waals surface area contributed by atoms with Crippen LogP contribution in [0.1, 0.15) is 11.3 Å². The van der Waals surface area contributed by atoms with Gasteiger partial charge in [-0.25, -0.2) is 0 Å². The number of H-pyrrole nitrogens is 1. The predicted octanol–water partition coefficient (Wildman–Crippen LogP) is 2.68. The maximum absolute atomic E-state index is 5.95. The second kappa shape index (κ2) is 2.57. The first-order chi connectivity index (χ1) is 5.27. The van der Waals surface area contributed by atoms with Crippen LogP contribution in [0.4, 0.5) is 0 Å². The van der Waals surface area contributed by atoms with E-state index in [0.717, 1.165) is 22.8 Å². The van der Waals surface area contributed by atoms with Crippen molar-refractivity contribution in [1.29, 1.82) is 0 Å². The van der Waals surface area contributed by atoms with Crippen LogP contribution in [0, 0.1) is 0 Å². The second-order valence-electron chi connectivity index (χ2n) is 2.40. The molecule has 2 rings (SSSR count). The largest absolute Gasteiger partial charge is 0.363 e. The topological polar surface area (TPSA) is 19.0 Å². The molecule has 11 heavy (non-hydrogen) atoms. The second-order valence-corrected chi connectivity index (χ2v) is 3.72. The molecule has 0 amide bonds. The van der Waals surface area contributed by atoms with Gasteiger partial charge in [0.25, 0.3) is 0 Å². The molecule has 0 saturated carbocycles. The van der Waals surface area contributed by atoms with Crippen LogP contribution in [0.5, 0.6) is 0 Å². The monoisotopic (exact) mass is 232 g/mol. The highest BCUT2D eigenvalue weighted by Crippen LogP contribution is 2.29. The Hall–Kier alpha value is -0.410. The van der Waals surface area contributed by atoms with Gasteiger partial charge >= 0.3 is 0 Å². The maximum Gasteiger partial charge on any atom is 0.0697 e. The highest BCUT2D eigenvalue weighted by Gasteiger charge is 2.14. The summed E-state index contributed by atoms with van der Waals surface area (Å²) in [5.74, 6) is 0. The van der Waals surface area contributed by atoms with Gasteiger partial charge in [-0.05, 0) is 6.07 Å². The van der Waals surface area contributed by atoms with Crippen LogP contribution < -0.4 is 0 Å². The van der Waals surface area contributed by atoms with Crippen molar-refractivity contribution in [2.45, 2.75) is 6.54 Å². The van der Waals surface area contributed by atoms with Gasteiger partial charge in [0, 0.05) is 39.8 Å². The highest BCUT2D eigenvalue weighted by atomic mass is 79.9. The molecule has 0 fully saturated rings. The Morgan fingerprint density at radius 2 is 2.45 bits per heavy atom. The maximum atomic E-state index is 5.95. The fourth-order valence-corrected chi connectivity index (χ4v) is 2.02. The quantitative estimate of drug-likeness (QED) is 0.683. The predicted molar refractivity (Wildman–Crippen MR) is 49.1 cm³/mol. The molecule has 1 N–H and O–H groups in total. The first-order valence-electron chi connectivity index (χ1n) is 3.24. The zero-order valence-corrected chi connectivity index (χ0v) is 7.98. The van der Waals surface area contributed by atoms with Crippen molar-refractivity contribution in [3.05, 3.63) is 29.7 Å². The van der Waals surface area contributed by atoms with Crippen LogP contribution in [0.25, 0.3) is 5.03 Å². The van der Waals surface area contributed by atoms with Gasteiger partial charge in [0.1, 0.15) is 0 Å². The Morgan fingerprint density at radius 1 is 1.64 bits per heavy atom. The number of fused-ring (bicyclic) bond motifs is 1. The number of nitrogens with one attached hydrogen (secondary N) is 1. The molecular weight excluding hydrogens is 227 g/mol. The van der Waals surface area contributed by atoms with Gasteiger partial charge in [-0.2, -0.15) is 0 Å². The molecular formula is C7H6BrClN2. The number of nitrogens with zero attached hydrogens (tertiary/aromatic N) is 1. The zero-order valence-electron chi connectivity index (χ0n) is 5.64. The lowest BCUT2D eigenvalue weighted by Crippen LogP contribution is -2.09. The number of aromatic nitrogens is 1. The van der Waals surface area contributed by atoms with E-state index >= 15 is 0 Å². The van der Waals surface area contributed by atoms with E-state index in [4.69, 9.17) is 11.6 Å². The van der Waals surface area contributed by atoms with Crippen LogP contribution in [0.2, 0.25) is 0 Å². The van der Waals surface area contributed by atoms with E-state index in [1.165, 1.54) is 0 Å². The molecule has 0 saturated heterocycles. The molecule has 1 aliphatic heterocycles. The third kappa shape index (κ3) is 1.19. The Morgan fingerprint density at radius 3 is 3.27 bits per heavy atom. The third-order valence-corrected chi connectivity index (χ3v) is 2.41. The van der Waals surface area contributed by atoms with Crippen molar-refractivity contribution >= 4 is 32.8 Å². The lowest BCUT2D eigenvalue weighted by molar-refractivity contribution is 0.621. The van der Waals surface area contributed by atoms with E-state index in [1.54, 1.807) is 0 Å². The molecule has 1 aromatic heterocycles. The first-order valence-corrected chi connectivity index (χ1v) is 4.32. The van der Waals surface area contributed by atoms with Crippen molar-refractivity contribution in [3.8, 4) is 0 Å². The standard InChI is InChI=1S/C7H6BrClN2/c8-11-3-6(9)5-1-2-10-7(5)4-11/h1-3,10H,4H2. The van der Waals surface area contributed by atoms with Gasteiger partial charge < -0.3 is 8.91 Å². The Labute approximate surface area is 78.2 Å². The van der Waals surface area contributed by atoms with Gasteiger partial charge in [0.2, 0.25) is 0 Å². The van der Waals surface area contributed by atoms with Crippen molar-refractivity contribution < 1.29 is 0 Å². The molecule has 0 unspecified atom stereocenters. The van der Waals surface area contributed by atoms with Crippen molar-refractivity contribution in [2.75, 3.05) is 0 Å². The van der Waals surface area contributed by atoms with Crippen molar-refractivity contribution in [2.24, 2.45) is 0 Å². The van der Waals surface area contributed by atoms with E-state index in [0.29, 0.717) is 0 Å². The molecule has 0 atom stereocenters. The number of rotatable bonds is 0. The Balaban J connectivity index is 2.50. The van der Waals surface area contributed by atoms with Gasteiger partial charge in [-0.15, -0.1) is 0 Å². The summed E-state index contributed by atoms with van der Waals surface area (Å²) >= 11 is 9.29. The minimum absolute atomic E-state index is 0.768. The Bertz CT molecular complexity index is 305. The summed E-state index contributed by atoms with van der Waals surface area (Å²) in [6.45, 7) is 0.832. The molecule has 0 aromatic carbocycles. The van der Waals surface area contributed by atoms with Crippen LogP contribution in [0.3, 0.4) is 0 Å². The van der Waals surface area contributed by atoms with Crippen LogP contribution in [-0.4, -0.2) is 8.91 Å². The summed E-state index contributed by atoms with van der Waals surface area (Å²) in [4.78, 5) is 3.12. The lowest BCUT2D eigenvalue weighted by atomic mass is 10.2. The number of halogens is 2. The summed E-state index contributed by atoms with van der Waals surface area (Å²) in [6.07, 6.45) is 3.75. The molecule has 0 bridgehead atoms. The van der Waals surface area contributed by atoms with E-state index in [9.17, 15) is 0 Å². The average molecular weight is 233 g/mol. The molecule has 1 aliphatic rings. The normalized spacial score (nSPS) is 16.2. The molecule has 58 valence electrons. The van der Waals surface area contributed by atoms with Crippen LogP contribution in [0.15, 0.2) is 18.5 Å².